The fourth-order valence-corrected chi connectivity index (χ4v) is 2.28. The van der Waals surface area contributed by atoms with Crippen LogP contribution in [-0.4, -0.2) is 41.3 Å². The van der Waals surface area contributed by atoms with Crippen LogP contribution in [-0.2, 0) is 4.79 Å². The van der Waals surface area contributed by atoms with Gasteiger partial charge in [-0.1, -0.05) is 6.07 Å². The van der Waals surface area contributed by atoms with E-state index in [2.05, 4.69) is 10.3 Å². The molecule has 0 saturated carbocycles. The van der Waals surface area contributed by atoms with Crippen molar-refractivity contribution in [1.82, 2.24) is 15.2 Å². The molecule has 2 heterocycles. The summed E-state index contributed by atoms with van der Waals surface area (Å²) in [5, 5.41) is 2.91. The lowest BCUT2D eigenvalue weighted by Crippen LogP contribution is -2.40. The van der Waals surface area contributed by atoms with Gasteiger partial charge in [-0.15, -0.1) is 0 Å². The number of nitrogens with one attached hydrogen (secondary N) is 1. The highest BCUT2D eigenvalue weighted by molar-refractivity contribution is 5.92. The highest BCUT2D eigenvalue weighted by atomic mass is 16.2. The van der Waals surface area contributed by atoms with Crippen LogP contribution < -0.4 is 5.32 Å². The molecular formula is C14H19N3O2. The summed E-state index contributed by atoms with van der Waals surface area (Å²) in [5.74, 6) is 0.453. The summed E-state index contributed by atoms with van der Waals surface area (Å²) in [6, 6.07) is 5.29. The minimum atomic E-state index is -0.130. The second kappa shape index (κ2) is 6.31. The number of rotatable bonds is 3. The number of carbonyl (C=O) groups is 2. The highest BCUT2D eigenvalue weighted by Gasteiger charge is 2.21. The van der Waals surface area contributed by atoms with Gasteiger partial charge in [0.05, 0.1) is 0 Å². The van der Waals surface area contributed by atoms with Crippen LogP contribution in [0.1, 0.15) is 30.3 Å². The van der Waals surface area contributed by atoms with Crippen LogP contribution in [0.3, 0.4) is 0 Å². The van der Waals surface area contributed by atoms with Crippen molar-refractivity contribution in [3.8, 4) is 0 Å². The third-order valence-corrected chi connectivity index (χ3v) is 3.51. The van der Waals surface area contributed by atoms with Gasteiger partial charge < -0.3 is 10.2 Å². The molecule has 0 aliphatic carbocycles. The van der Waals surface area contributed by atoms with Gasteiger partial charge in [0.2, 0.25) is 5.91 Å². The Balaban J connectivity index is 1.75. The van der Waals surface area contributed by atoms with Crippen LogP contribution in [0.2, 0.25) is 0 Å². The summed E-state index contributed by atoms with van der Waals surface area (Å²) in [7, 11) is 0. The van der Waals surface area contributed by atoms with Crippen LogP contribution >= 0.6 is 0 Å². The van der Waals surface area contributed by atoms with E-state index in [1.165, 1.54) is 0 Å². The Kier molecular flexibility index (Phi) is 4.49. The van der Waals surface area contributed by atoms with E-state index in [0.717, 1.165) is 25.9 Å². The molecule has 1 aromatic heterocycles. The maximum absolute atomic E-state index is 11.8. The second-order valence-electron chi connectivity index (χ2n) is 4.87. The number of hydrogen-bond acceptors (Lipinski definition) is 3. The predicted octanol–water partition coefficient (Wildman–Crippen LogP) is 1.07. The van der Waals surface area contributed by atoms with Crippen LogP contribution in [0, 0.1) is 5.92 Å². The number of piperidine rings is 1. The van der Waals surface area contributed by atoms with E-state index in [0.29, 0.717) is 18.2 Å². The molecule has 0 radical (unpaired) electrons. The zero-order valence-electron chi connectivity index (χ0n) is 11.1. The first kappa shape index (κ1) is 13.5. The van der Waals surface area contributed by atoms with Crippen molar-refractivity contribution < 1.29 is 9.59 Å². The fraction of sp³-hybridized carbons (Fsp3) is 0.500. The van der Waals surface area contributed by atoms with Crippen LogP contribution in [0.15, 0.2) is 24.4 Å². The summed E-state index contributed by atoms with van der Waals surface area (Å²) in [6.07, 6.45) is 3.50. The lowest BCUT2D eigenvalue weighted by atomic mass is 9.97. The van der Waals surface area contributed by atoms with Gasteiger partial charge in [-0.05, 0) is 30.9 Å². The summed E-state index contributed by atoms with van der Waals surface area (Å²) in [6.45, 7) is 3.84. The Morgan fingerprint density at radius 1 is 1.37 bits per heavy atom. The van der Waals surface area contributed by atoms with E-state index < -0.39 is 0 Å². The Morgan fingerprint density at radius 3 is 2.68 bits per heavy atom. The molecule has 19 heavy (non-hydrogen) atoms. The fourth-order valence-electron chi connectivity index (χ4n) is 2.28. The Labute approximate surface area is 113 Å². The first-order valence-corrected chi connectivity index (χ1v) is 6.61. The minimum Gasteiger partial charge on any atom is -0.350 e. The van der Waals surface area contributed by atoms with Gasteiger partial charge in [0.1, 0.15) is 5.69 Å². The van der Waals surface area contributed by atoms with Crippen molar-refractivity contribution in [2.45, 2.75) is 19.8 Å². The van der Waals surface area contributed by atoms with Crippen LogP contribution in [0.5, 0.6) is 0 Å². The van der Waals surface area contributed by atoms with Crippen molar-refractivity contribution >= 4 is 11.8 Å². The predicted molar refractivity (Wildman–Crippen MR) is 71.5 cm³/mol. The van der Waals surface area contributed by atoms with Gasteiger partial charge >= 0.3 is 0 Å². The standard InChI is InChI=1S/C14H19N3O2/c1-11(18)17-8-5-12(6-9-17)10-16-14(19)13-4-2-3-7-15-13/h2-4,7,12H,5-6,8-10H2,1H3,(H,16,19). The Hall–Kier alpha value is -1.91. The third kappa shape index (κ3) is 3.77. The minimum absolute atomic E-state index is 0.130. The van der Waals surface area contributed by atoms with Crippen molar-refractivity contribution in [3.63, 3.8) is 0 Å². The smallest absolute Gasteiger partial charge is 0.269 e. The number of hydrogen-bond donors (Lipinski definition) is 1. The molecule has 102 valence electrons. The first-order valence-electron chi connectivity index (χ1n) is 6.61. The molecule has 1 aliphatic rings. The number of nitrogens with zero attached hydrogens (tertiary/aromatic N) is 2. The molecule has 1 saturated heterocycles. The van der Waals surface area contributed by atoms with Crippen molar-refractivity contribution in [2.75, 3.05) is 19.6 Å². The maximum Gasteiger partial charge on any atom is 0.269 e. The van der Waals surface area contributed by atoms with E-state index in [1.54, 1.807) is 31.3 Å². The number of pyridine rings is 1. The lowest BCUT2D eigenvalue weighted by Gasteiger charge is -2.31. The van der Waals surface area contributed by atoms with Crippen LogP contribution in [0.25, 0.3) is 0 Å². The molecule has 1 aliphatic heterocycles. The summed E-state index contributed by atoms with van der Waals surface area (Å²) in [5.41, 5.74) is 0.448. The van der Waals surface area contributed by atoms with Gasteiger partial charge in [0, 0.05) is 32.8 Å². The number of carbonyl (C=O) groups excluding carboxylic acids is 2. The monoisotopic (exact) mass is 261 g/mol. The average Bonchev–Trinajstić information content (AvgIpc) is 2.46. The molecular weight excluding hydrogens is 242 g/mol. The zero-order chi connectivity index (χ0) is 13.7. The highest BCUT2D eigenvalue weighted by Crippen LogP contribution is 2.16. The second-order valence-corrected chi connectivity index (χ2v) is 4.87. The number of aromatic nitrogens is 1. The summed E-state index contributed by atoms with van der Waals surface area (Å²) >= 11 is 0. The van der Waals surface area contributed by atoms with E-state index in [1.807, 2.05) is 4.90 Å². The molecule has 0 atom stereocenters. The van der Waals surface area contributed by atoms with Gasteiger partial charge in [0.15, 0.2) is 0 Å². The maximum atomic E-state index is 11.8. The molecule has 1 N–H and O–H groups in total. The Bertz CT molecular complexity index is 439. The SMILES string of the molecule is CC(=O)N1CCC(CNC(=O)c2ccccn2)CC1. The molecule has 0 aromatic carbocycles. The van der Waals surface area contributed by atoms with Crippen molar-refractivity contribution in [1.29, 1.82) is 0 Å². The molecule has 5 heteroatoms. The van der Waals surface area contributed by atoms with Gasteiger partial charge in [0.25, 0.3) is 5.91 Å². The number of amides is 2. The summed E-state index contributed by atoms with van der Waals surface area (Å²) in [4.78, 5) is 28.9. The van der Waals surface area contributed by atoms with Gasteiger partial charge in [-0.3, -0.25) is 14.6 Å². The van der Waals surface area contributed by atoms with Crippen LogP contribution in [0.4, 0.5) is 0 Å². The quantitative estimate of drug-likeness (QED) is 0.885. The molecule has 0 bridgehead atoms. The first-order chi connectivity index (χ1) is 9.16. The molecule has 2 amide bonds. The van der Waals surface area contributed by atoms with E-state index in [9.17, 15) is 9.59 Å². The molecule has 1 fully saturated rings. The van der Waals surface area contributed by atoms with E-state index in [-0.39, 0.29) is 11.8 Å². The zero-order valence-corrected chi connectivity index (χ0v) is 11.1. The third-order valence-electron chi connectivity index (χ3n) is 3.51. The van der Waals surface area contributed by atoms with Gasteiger partial charge in [-0.25, -0.2) is 0 Å². The summed E-state index contributed by atoms with van der Waals surface area (Å²) < 4.78 is 0. The van der Waals surface area contributed by atoms with Gasteiger partial charge in [-0.2, -0.15) is 0 Å². The largest absolute Gasteiger partial charge is 0.350 e. The molecule has 1 aromatic rings. The van der Waals surface area contributed by atoms with Crippen molar-refractivity contribution in [3.05, 3.63) is 30.1 Å². The van der Waals surface area contributed by atoms with E-state index in [4.69, 9.17) is 0 Å². The molecule has 5 nitrogen and oxygen atoms in total. The average molecular weight is 261 g/mol. The Morgan fingerprint density at radius 2 is 2.11 bits per heavy atom. The molecule has 0 spiro atoms. The molecule has 0 unspecified atom stereocenters. The normalized spacial score (nSPS) is 16.2. The van der Waals surface area contributed by atoms with E-state index >= 15 is 0 Å². The van der Waals surface area contributed by atoms with Crippen molar-refractivity contribution in [2.24, 2.45) is 5.92 Å². The molecule has 2 rings (SSSR count). The lowest BCUT2D eigenvalue weighted by molar-refractivity contribution is -0.130. The topological polar surface area (TPSA) is 62.3 Å². The number of likely N-dealkylation sites (tertiary alicyclic amines) is 1.